The fourth-order valence-electron chi connectivity index (χ4n) is 1.60. The van der Waals surface area contributed by atoms with Gasteiger partial charge in [-0.05, 0) is 25.0 Å². The molecule has 0 bridgehead atoms. The van der Waals surface area contributed by atoms with Crippen LogP contribution >= 0.6 is 0 Å². The van der Waals surface area contributed by atoms with Crippen molar-refractivity contribution in [3.8, 4) is 0 Å². The fraction of sp³-hybridized carbons (Fsp3) is 0.500. The fourth-order valence-corrected chi connectivity index (χ4v) is 1.60. The van der Waals surface area contributed by atoms with E-state index in [4.69, 9.17) is 5.11 Å². The van der Waals surface area contributed by atoms with Crippen LogP contribution in [0.1, 0.15) is 37.2 Å². The van der Waals surface area contributed by atoms with E-state index in [-0.39, 0.29) is 5.69 Å². The first-order valence-electron chi connectivity index (χ1n) is 5.64. The molecule has 0 spiro atoms. The molecular weight excluding hydrogens is 204 g/mol. The van der Waals surface area contributed by atoms with Crippen molar-refractivity contribution in [3.05, 3.63) is 23.9 Å². The normalized spacial score (nSPS) is 10.1. The molecule has 0 fully saturated rings. The van der Waals surface area contributed by atoms with Crippen molar-refractivity contribution in [2.24, 2.45) is 0 Å². The Balaban J connectivity index is 2.90. The highest BCUT2D eigenvalue weighted by molar-refractivity contribution is 5.85. The number of pyridine rings is 1. The zero-order chi connectivity index (χ0) is 12.0. The summed E-state index contributed by atoms with van der Waals surface area (Å²) >= 11 is 0. The highest BCUT2D eigenvalue weighted by Crippen LogP contribution is 2.12. The number of anilines is 1. The molecular formula is C12H18N2O2. The van der Waals surface area contributed by atoms with E-state index >= 15 is 0 Å². The Morgan fingerprint density at radius 2 is 1.94 bits per heavy atom. The Kier molecular flexibility index (Phi) is 4.76. The second kappa shape index (κ2) is 6.10. The highest BCUT2D eigenvalue weighted by atomic mass is 16.4. The summed E-state index contributed by atoms with van der Waals surface area (Å²) in [5.41, 5.74) is 0.106. The molecule has 1 aromatic heterocycles. The second-order valence-corrected chi connectivity index (χ2v) is 3.67. The SMILES string of the molecule is CCCN(CCC)c1cccc(C(=O)O)n1. The Morgan fingerprint density at radius 3 is 2.44 bits per heavy atom. The van der Waals surface area contributed by atoms with E-state index in [1.807, 2.05) is 6.07 Å². The topological polar surface area (TPSA) is 53.4 Å². The summed E-state index contributed by atoms with van der Waals surface area (Å²) in [5, 5.41) is 8.87. The molecule has 1 N–H and O–H groups in total. The number of hydrogen-bond acceptors (Lipinski definition) is 3. The van der Waals surface area contributed by atoms with Crippen molar-refractivity contribution in [1.29, 1.82) is 0 Å². The van der Waals surface area contributed by atoms with Crippen LogP contribution in [0.4, 0.5) is 5.82 Å². The predicted octanol–water partition coefficient (Wildman–Crippen LogP) is 2.41. The van der Waals surface area contributed by atoms with Gasteiger partial charge in [0.2, 0.25) is 0 Å². The van der Waals surface area contributed by atoms with Crippen LogP contribution in [0.3, 0.4) is 0 Å². The molecule has 0 atom stereocenters. The summed E-state index contributed by atoms with van der Waals surface area (Å²) in [6, 6.07) is 5.11. The number of nitrogens with zero attached hydrogens (tertiary/aromatic N) is 2. The first-order valence-corrected chi connectivity index (χ1v) is 5.64. The summed E-state index contributed by atoms with van der Waals surface area (Å²) in [5.74, 6) is -0.224. The van der Waals surface area contributed by atoms with Gasteiger partial charge >= 0.3 is 5.97 Å². The summed E-state index contributed by atoms with van der Waals surface area (Å²) in [6.07, 6.45) is 2.05. The molecule has 0 aliphatic heterocycles. The summed E-state index contributed by atoms with van der Waals surface area (Å²) in [4.78, 5) is 17.1. The molecule has 0 aliphatic carbocycles. The van der Waals surface area contributed by atoms with E-state index in [1.54, 1.807) is 6.07 Å². The highest BCUT2D eigenvalue weighted by Gasteiger charge is 2.09. The molecule has 88 valence electrons. The lowest BCUT2D eigenvalue weighted by molar-refractivity contribution is 0.0690. The van der Waals surface area contributed by atoms with E-state index in [1.165, 1.54) is 6.07 Å². The van der Waals surface area contributed by atoms with Crippen molar-refractivity contribution < 1.29 is 9.90 Å². The van der Waals surface area contributed by atoms with Crippen molar-refractivity contribution in [3.63, 3.8) is 0 Å². The Labute approximate surface area is 95.9 Å². The van der Waals surface area contributed by atoms with Gasteiger partial charge in [0.15, 0.2) is 5.69 Å². The van der Waals surface area contributed by atoms with Gasteiger partial charge in [-0.1, -0.05) is 19.9 Å². The number of carboxylic acids is 1. The minimum atomic E-state index is -0.977. The van der Waals surface area contributed by atoms with Crippen LogP contribution < -0.4 is 4.90 Å². The maximum atomic E-state index is 10.8. The van der Waals surface area contributed by atoms with E-state index in [0.717, 1.165) is 31.7 Å². The number of carboxylic acid groups (broad SMARTS) is 1. The molecule has 0 saturated heterocycles. The molecule has 4 heteroatoms. The molecule has 16 heavy (non-hydrogen) atoms. The van der Waals surface area contributed by atoms with Crippen LogP contribution in [0.25, 0.3) is 0 Å². The van der Waals surface area contributed by atoms with Crippen LogP contribution in [-0.4, -0.2) is 29.1 Å². The third kappa shape index (κ3) is 3.22. The summed E-state index contributed by atoms with van der Waals surface area (Å²) < 4.78 is 0. The Hall–Kier alpha value is -1.58. The quantitative estimate of drug-likeness (QED) is 0.803. The lowest BCUT2D eigenvalue weighted by Gasteiger charge is -2.22. The molecule has 0 saturated carbocycles. The van der Waals surface area contributed by atoms with Gasteiger partial charge in [0.1, 0.15) is 5.82 Å². The summed E-state index contributed by atoms with van der Waals surface area (Å²) in [7, 11) is 0. The van der Waals surface area contributed by atoms with Crippen molar-refractivity contribution >= 4 is 11.8 Å². The minimum Gasteiger partial charge on any atom is -0.477 e. The molecule has 0 amide bonds. The molecule has 0 aliphatic rings. The van der Waals surface area contributed by atoms with Gasteiger partial charge in [-0.3, -0.25) is 0 Å². The maximum absolute atomic E-state index is 10.8. The van der Waals surface area contributed by atoms with Gasteiger partial charge in [-0.15, -0.1) is 0 Å². The average molecular weight is 222 g/mol. The van der Waals surface area contributed by atoms with Gasteiger partial charge in [0, 0.05) is 13.1 Å². The Morgan fingerprint density at radius 1 is 1.31 bits per heavy atom. The number of hydrogen-bond donors (Lipinski definition) is 1. The maximum Gasteiger partial charge on any atom is 0.354 e. The molecule has 0 aromatic carbocycles. The number of carbonyl (C=O) groups is 1. The molecule has 4 nitrogen and oxygen atoms in total. The zero-order valence-corrected chi connectivity index (χ0v) is 9.81. The first-order chi connectivity index (χ1) is 7.69. The van der Waals surface area contributed by atoms with E-state index < -0.39 is 5.97 Å². The van der Waals surface area contributed by atoms with E-state index in [2.05, 4.69) is 23.7 Å². The zero-order valence-electron chi connectivity index (χ0n) is 9.81. The van der Waals surface area contributed by atoms with Crippen LogP contribution in [-0.2, 0) is 0 Å². The van der Waals surface area contributed by atoms with Crippen LogP contribution in [0.15, 0.2) is 18.2 Å². The van der Waals surface area contributed by atoms with Gasteiger partial charge < -0.3 is 10.0 Å². The van der Waals surface area contributed by atoms with Gasteiger partial charge in [0.05, 0.1) is 0 Å². The number of aromatic nitrogens is 1. The van der Waals surface area contributed by atoms with Crippen LogP contribution in [0.5, 0.6) is 0 Å². The predicted molar refractivity (Wildman–Crippen MR) is 64.0 cm³/mol. The third-order valence-electron chi connectivity index (χ3n) is 2.26. The lowest BCUT2D eigenvalue weighted by Crippen LogP contribution is -2.26. The number of rotatable bonds is 6. The smallest absolute Gasteiger partial charge is 0.354 e. The van der Waals surface area contributed by atoms with E-state index in [0.29, 0.717) is 0 Å². The molecule has 0 unspecified atom stereocenters. The van der Waals surface area contributed by atoms with Gasteiger partial charge in [-0.2, -0.15) is 0 Å². The average Bonchev–Trinajstić information content (AvgIpc) is 2.29. The van der Waals surface area contributed by atoms with Crippen LogP contribution in [0.2, 0.25) is 0 Å². The molecule has 1 heterocycles. The number of aromatic carboxylic acids is 1. The molecule has 1 rings (SSSR count). The van der Waals surface area contributed by atoms with Gasteiger partial charge in [0.25, 0.3) is 0 Å². The minimum absolute atomic E-state index is 0.106. The lowest BCUT2D eigenvalue weighted by atomic mass is 10.3. The monoisotopic (exact) mass is 222 g/mol. The van der Waals surface area contributed by atoms with E-state index in [9.17, 15) is 4.79 Å². The van der Waals surface area contributed by atoms with Crippen molar-refractivity contribution in [2.45, 2.75) is 26.7 Å². The Bertz CT molecular complexity index is 347. The molecule has 1 aromatic rings. The standard InChI is InChI=1S/C12H18N2O2/c1-3-8-14(9-4-2)11-7-5-6-10(13-11)12(15)16/h5-7H,3-4,8-9H2,1-2H3,(H,15,16). The van der Waals surface area contributed by atoms with Crippen molar-refractivity contribution in [1.82, 2.24) is 4.98 Å². The third-order valence-corrected chi connectivity index (χ3v) is 2.26. The van der Waals surface area contributed by atoms with Gasteiger partial charge in [-0.25, -0.2) is 9.78 Å². The van der Waals surface area contributed by atoms with Crippen molar-refractivity contribution in [2.75, 3.05) is 18.0 Å². The molecule has 0 radical (unpaired) electrons. The summed E-state index contributed by atoms with van der Waals surface area (Å²) in [6.45, 7) is 6.02. The largest absolute Gasteiger partial charge is 0.477 e. The second-order valence-electron chi connectivity index (χ2n) is 3.67. The van der Waals surface area contributed by atoms with Crippen LogP contribution in [0, 0.1) is 0 Å². The first kappa shape index (κ1) is 12.5.